The van der Waals surface area contributed by atoms with Crippen LogP contribution in [0.2, 0.25) is 0 Å². The van der Waals surface area contributed by atoms with E-state index in [1.165, 1.54) is 0 Å². The van der Waals surface area contributed by atoms with Crippen molar-refractivity contribution < 1.29 is 31.5 Å². The van der Waals surface area contributed by atoms with Gasteiger partial charge in [-0.25, -0.2) is 9.28 Å². The van der Waals surface area contributed by atoms with E-state index >= 15 is 0 Å². The van der Waals surface area contributed by atoms with Crippen molar-refractivity contribution in [2.45, 2.75) is 0 Å². The highest BCUT2D eigenvalue weighted by molar-refractivity contribution is 6.00. The number of quaternary nitrogens is 1. The van der Waals surface area contributed by atoms with Crippen molar-refractivity contribution in [2.24, 2.45) is 0 Å². The molecular weight excluding hydrogens is 304 g/mol. The molecule has 1 heterocycles. The number of likely N-dealkylation sites (N-methyl/N-ethyl adjacent to an activating group) is 1. The number of urea groups is 1. The predicted molar refractivity (Wildman–Crippen MR) is 81.4 cm³/mol. The third-order valence-electron chi connectivity index (χ3n) is 4.06. The fourth-order valence-electron chi connectivity index (χ4n) is 2.57. The molecule has 2 N–H and O–H groups in total. The molecule has 2 amide bonds. The maximum atomic E-state index is 12.6. The third kappa shape index (κ3) is 3.16. The average Bonchev–Trinajstić information content (AvgIpc) is 2.48. The molecule has 0 atom stereocenters. The second-order valence-electron chi connectivity index (χ2n) is 5.60. The number of phenols is 1. The van der Waals surface area contributed by atoms with Gasteiger partial charge < -0.3 is 22.3 Å². The van der Waals surface area contributed by atoms with Crippen LogP contribution in [0.3, 0.4) is 0 Å². The number of hydrogen-bond acceptors (Lipinski definition) is 3. The molecule has 1 fully saturated rings. The van der Waals surface area contributed by atoms with Gasteiger partial charge in [0.2, 0.25) is 0 Å². The highest BCUT2D eigenvalue weighted by atomic mass is 35.5. The predicted octanol–water partition coefficient (Wildman–Crippen LogP) is -0.442. The number of rotatable bonds is 1. The first kappa shape index (κ1) is 16.5. The van der Waals surface area contributed by atoms with Crippen LogP contribution in [0.4, 0.5) is 10.5 Å². The molecule has 0 spiro atoms. The van der Waals surface area contributed by atoms with E-state index in [-0.39, 0.29) is 24.2 Å². The minimum atomic E-state index is -0.0471. The second kappa shape index (κ2) is 6.52. The SMILES string of the molecule is C[N+]1(C(=O)Nc2cccc3ccc(O)cc23)CCOCC1.[Cl-]. The Kier molecular flexibility index (Phi) is 4.90. The number of morpholine rings is 1. The van der Waals surface area contributed by atoms with E-state index in [4.69, 9.17) is 4.74 Å². The van der Waals surface area contributed by atoms with Gasteiger partial charge in [0.15, 0.2) is 0 Å². The molecule has 2 aromatic carbocycles. The average molecular weight is 323 g/mol. The number of phenolic OH excluding ortho intramolecular Hbond substituents is 1. The van der Waals surface area contributed by atoms with E-state index in [0.29, 0.717) is 30.8 Å². The summed E-state index contributed by atoms with van der Waals surface area (Å²) in [4.78, 5) is 12.6. The minimum Gasteiger partial charge on any atom is -1.00 e. The standard InChI is InChI=1S/C16H18N2O3.ClH/c1-18(7-9-21-10-8-18)16(20)17-15-4-2-3-12-5-6-13(19)11-14(12)15;/h2-6,11H,7-10H2,1H3,(H-,17,19,20);1H. The smallest absolute Gasteiger partial charge is 0.420 e. The number of amides is 2. The number of fused-ring (bicyclic) bond motifs is 1. The summed E-state index contributed by atoms with van der Waals surface area (Å²) in [6.07, 6.45) is 0. The first-order valence-corrected chi connectivity index (χ1v) is 7.04. The Balaban J connectivity index is 0.00000176. The van der Waals surface area contributed by atoms with Crippen molar-refractivity contribution >= 4 is 22.5 Å². The van der Waals surface area contributed by atoms with Gasteiger partial charge in [0, 0.05) is 5.39 Å². The number of nitrogens with zero attached hydrogens (tertiary/aromatic N) is 1. The molecule has 22 heavy (non-hydrogen) atoms. The molecule has 0 radical (unpaired) electrons. The first-order chi connectivity index (χ1) is 10.1. The Morgan fingerprint density at radius 2 is 1.95 bits per heavy atom. The van der Waals surface area contributed by atoms with E-state index in [0.717, 1.165) is 16.5 Å². The summed E-state index contributed by atoms with van der Waals surface area (Å²) in [7, 11) is 1.92. The fraction of sp³-hybridized carbons (Fsp3) is 0.312. The number of carbonyl (C=O) groups excluding carboxylic acids is 1. The van der Waals surface area contributed by atoms with Gasteiger partial charge in [-0.1, -0.05) is 18.2 Å². The molecule has 6 heteroatoms. The highest BCUT2D eigenvalue weighted by Crippen LogP contribution is 2.27. The van der Waals surface area contributed by atoms with E-state index in [2.05, 4.69) is 5.32 Å². The van der Waals surface area contributed by atoms with Crippen LogP contribution in [0.5, 0.6) is 5.75 Å². The molecule has 0 unspecified atom stereocenters. The Morgan fingerprint density at radius 1 is 1.23 bits per heavy atom. The molecule has 0 aromatic heterocycles. The van der Waals surface area contributed by atoms with Crippen molar-refractivity contribution in [1.29, 1.82) is 0 Å². The lowest BCUT2D eigenvalue weighted by molar-refractivity contribution is -0.836. The third-order valence-corrected chi connectivity index (χ3v) is 4.06. The second-order valence-corrected chi connectivity index (χ2v) is 5.60. The highest BCUT2D eigenvalue weighted by Gasteiger charge is 2.34. The summed E-state index contributed by atoms with van der Waals surface area (Å²) in [6, 6.07) is 10.8. The molecule has 0 saturated carbocycles. The quantitative estimate of drug-likeness (QED) is 0.700. The zero-order chi connectivity index (χ0) is 14.9. The van der Waals surface area contributed by atoms with Gasteiger partial charge in [-0.3, -0.25) is 5.32 Å². The van der Waals surface area contributed by atoms with E-state index < -0.39 is 0 Å². The summed E-state index contributed by atoms with van der Waals surface area (Å²) in [5.74, 6) is 0.191. The Hall–Kier alpha value is -1.82. The zero-order valence-corrected chi connectivity index (χ0v) is 13.1. The molecule has 3 rings (SSSR count). The van der Waals surface area contributed by atoms with E-state index in [1.54, 1.807) is 12.1 Å². The van der Waals surface area contributed by atoms with Gasteiger partial charge in [-0.2, -0.15) is 0 Å². The van der Waals surface area contributed by atoms with E-state index in [9.17, 15) is 9.90 Å². The van der Waals surface area contributed by atoms with Crippen LogP contribution in [-0.4, -0.2) is 49.0 Å². The molecule has 2 aromatic rings. The van der Waals surface area contributed by atoms with Gasteiger partial charge in [-0.05, 0) is 23.6 Å². The maximum absolute atomic E-state index is 12.6. The number of nitrogens with one attached hydrogen (secondary N) is 1. The molecular formula is C16H19ClN2O3. The largest absolute Gasteiger partial charge is 1.00 e. The minimum absolute atomic E-state index is 0. The number of hydrogen-bond donors (Lipinski definition) is 2. The molecule has 0 bridgehead atoms. The Labute approximate surface area is 135 Å². The van der Waals surface area contributed by atoms with Crippen LogP contribution in [-0.2, 0) is 4.74 Å². The van der Waals surface area contributed by atoms with Crippen molar-refractivity contribution in [3.05, 3.63) is 36.4 Å². The summed E-state index contributed by atoms with van der Waals surface area (Å²) < 4.78 is 5.64. The normalized spacial score (nSPS) is 16.8. The Morgan fingerprint density at radius 3 is 2.68 bits per heavy atom. The van der Waals surface area contributed by atoms with Crippen molar-refractivity contribution in [2.75, 3.05) is 38.7 Å². The van der Waals surface area contributed by atoms with Crippen LogP contribution in [0.25, 0.3) is 10.8 Å². The lowest BCUT2D eigenvalue weighted by atomic mass is 10.1. The molecule has 1 aliphatic rings. The first-order valence-electron chi connectivity index (χ1n) is 7.04. The topological polar surface area (TPSA) is 58.6 Å². The van der Waals surface area contributed by atoms with Crippen LogP contribution in [0.15, 0.2) is 36.4 Å². The van der Waals surface area contributed by atoms with Crippen LogP contribution in [0.1, 0.15) is 0 Å². The molecule has 1 saturated heterocycles. The monoisotopic (exact) mass is 322 g/mol. The molecule has 118 valence electrons. The molecule has 5 nitrogen and oxygen atoms in total. The molecule has 0 aliphatic carbocycles. The number of ether oxygens (including phenoxy) is 1. The van der Waals surface area contributed by atoms with E-state index in [1.807, 2.05) is 31.3 Å². The maximum Gasteiger partial charge on any atom is 0.420 e. The van der Waals surface area contributed by atoms with Gasteiger partial charge in [0.25, 0.3) is 0 Å². The van der Waals surface area contributed by atoms with Crippen molar-refractivity contribution in [3.63, 3.8) is 0 Å². The number of carbonyl (C=O) groups is 1. The zero-order valence-electron chi connectivity index (χ0n) is 12.4. The lowest BCUT2D eigenvalue weighted by Crippen LogP contribution is -3.00. The fourth-order valence-corrected chi connectivity index (χ4v) is 2.57. The summed E-state index contributed by atoms with van der Waals surface area (Å²) in [5, 5.41) is 14.5. The summed E-state index contributed by atoms with van der Waals surface area (Å²) in [5.41, 5.74) is 0.722. The van der Waals surface area contributed by atoms with Gasteiger partial charge in [0.1, 0.15) is 18.8 Å². The van der Waals surface area contributed by atoms with Crippen LogP contribution in [0, 0.1) is 0 Å². The number of halogens is 1. The number of benzene rings is 2. The molecule has 1 aliphatic heterocycles. The van der Waals surface area contributed by atoms with Crippen molar-refractivity contribution in [1.82, 2.24) is 0 Å². The van der Waals surface area contributed by atoms with Gasteiger partial charge in [0.05, 0.1) is 25.9 Å². The van der Waals surface area contributed by atoms with Gasteiger partial charge >= 0.3 is 6.03 Å². The lowest BCUT2D eigenvalue weighted by Gasteiger charge is -2.34. The Bertz CT molecular complexity index is 684. The van der Waals surface area contributed by atoms with Crippen molar-refractivity contribution in [3.8, 4) is 5.75 Å². The van der Waals surface area contributed by atoms with Crippen LogP contribution >= 0.6 is 0 Å². The number of aromatic hydroxyl groups is 1. The summed E-state index contributed by atoms with van der Waals surface area (Å²) in [6.45, 7) is 2.53. The van der Waals surface area contributed by atoms with Crippen LogP contribution < -0.4 is 17.7 Å². The summed E-state index contributed by atoms with van der Waals surface area (Å²) >= 11 is 0. The van der Waals surface area contributed by atoms with Gasteiger partial charge in [-0.15, -0.1) is 0 Å². The number of anilines is 1.